The molecule has 136 valence electrons. The Morgan fingerprint density at radius 2 is 2.04 bits per heavy atom. The quantitative estimate of drug-likeness (QED) is 0.637. The molecule has 1 atom stereocenters. The standard InChI is InChI=1S/C21H21N5O/c1-3-11-22-21(27)18-9-10-20(23-12-18)25-16(2)19-13-24-26(15-19)14-17-7-5-4-6-8-17/h1,4-10,12-13,15-16H,11,14H2,2H3,(H,22,27)(H,23,25). The van der Waals surface area contributed by atoms with Crippen LogP contribution in [0.5, 0.6) is 0 Å². The lowest BCUT2D eigenvalue weighted by molar-refractivity contribution is 0.0958. The Hall–Kier alpha value is -3.59. The van der Waals surface area contributed by atoms with Gasteiger partial charge in [-0.3, -0.25) is 9.48 Å². The van der Waals surface area contributed by atoms with Crippen LogP contribution in [0.1, 0.15) is 34.5 Å². The predicted octanol–water partition coefficient (Wildman–Crippen LogP) is 2.86. The fraction of sp³-hybridized carbons (Fsp3) is 0.190. The molecule has 0 bridgehead atoms. The first-order valence-corrected chi connectivity index (χ1v) is 8.66. The van der Waals surface area contributed by atoms with Crippen molar-refractivity contribution in [3.05, 3.63) is 77.7 Å². The van der Waals surface area contributed by atoms with Gasteiger partial charge in [0.25, 0.3) is 5.91 Å². The topological polar surface area (TPSA) is 71.8 Å². The minimum atomic E-state index is -0.234. The van der Waals surface area contributed by atoms with Gasteiger partial charge in [0.05, 0.1) is 30.9 Å². The van der Waals surface area contributed by atoms with Crippen LogP contribution >= 0.6 is 0 Å². The van der Waals surface area contributed by atoms with Crippen molar-refractivity contribution in [2.75, 3.05) is 11.9 Å². The summed E-state index contributed by atoms with van der Waals surface area (Å²) in [5.41, 5.74) is 2.73. The van der Waals surface area contributed by atoms with Crippen LogP contribution in [0, 0.1) is 12.3 Å². The highest BCUT2D eigenvalue weighted by Gasteiger charge is 2.10. The van der Waals surface area contributed by atoms with Gasteiger partial charge in [0.2, 0.25) is 0 Å². The highest BCUT2D eigenvalue weighted by Crippen LogP contribution is 2.18. The molecule has 0 aliphatic carbocycles. The number of nitrogens with zero attached hydrogens (tertiary/aromatic N) is 3. The van der Waals surface area contributed by atoms with Crippen LogP contribution in [-0.2, 0) is 6.54 Å². The molecule has 27 heavy (non-hydrogen) atoms. The summed E-state index contributed by atoms with van der Waals surface area (Å²) in [6.45, 7) is 2.97. The predicted molar refractivity (Wildman–Crippen MR) is 105 cm³/mol. The molecule has 3 rings (SSSR count). The van der Waals surface area contributed by atoms with Crippen molar-refractivity contribution < 1.29 is 4.79 Å². The van der Waals surface area contributed by atoms with Gasteiger partial charge in [0, 0.05) is 18.0 Å². The number of rotatable bonds is 7. The van der Waals surface area contributed by atoms with Crippen LogP contribution in [0.15, 0.2) is 61.1 Å². The maximum atomic E-state index is 11.8. The fourth-order valence-electron chi connectivity index (χ4n) is 2.61. The molecule has 0 spiro atoms. The maximum Gasteiger partial charge on any atom is 0.253 e. The van der Waals surface area contributed by atoms with Crippen molar-refractivity contribution in [2.45, 2.75) is 19.5 Å². The molecule has 6 nitrogen and oxygen atoms in total. The second-order valence-corrected chi connectivity index (χ2v) is 6.14. The van der Waals surface area contributed by atoms with E-state index in [4.69, 9.17) is 6.42 Å². The number of hydrogen-bond acceptors (Lipinski definition) is 4. The first-order valence-electron chi connectivity index (χ1n) is 8.66. The van der Waals surface area contributed by atoms with Gasteiger partial charge in [-0.2, -0.15) is 5.10 Å². The second kappa shape index (κ2) is 8.68. The second-order valence-electron chi connectivity index (χ2n) is 6.14. The number of aromatic nitrogens is 3. The van der Waals surface area contributed by atoms with E-state index in [1.165, 1.54) is 11.8 Å². The van der Waals surface area contributed by atoms with Gasteiger partial charge in [-0.25, -0.2) is 4.98 Å². The maximum absolute atomic E-state index is 11.8. The Morgan fingerprint density at radius 1 is 1.22 bits per heavy atom. The number of benzene rings is 1. The lowest BCUT2D eigenvalue weighted by atomic mass is 10.2. The number of hydrogen-bond donors (Lipinski definition) is 2. The van der Waals surface area contributed by atoms with Crippen LogP contribution in [0.25, 0.3) is 0 Å². The summed E-state index contributed by atoms with van der Waals surface area (Å²) in [6, 6.07) is 13.7. The molecular weight excluding hydrogens is 338 g/mol. The number of pyridine rings is 1. The molecule has 2 N–H and O–H groups in total. The third-order valence-corrected chi connectivity index (χ3v) is 4.08. The van der Waals surface area contributed by atoms with Crippen molar-refractivity contribution in [3.8, 4) is 12.3 Å². The molecule has 3 aromatic rings. The molecular formula is C21H21N5O. The van der Waals surface area contributed by atoms with Crippen LogP contribution in [0.4, 0.5) is 5.82 Å². The first kappa shape index (κ1) is 18.2. The summed E-state index contributed by atoms with van der Waals surface area (Å²) in [7, 11) is 0. The Morgan fingerprint density at radius 3 is 2.74 bits per heavy atom. The van der Waals surface area contributed by atoms with Crippen molar-refractivity contribution in [1.29, 1.82) is 0 Å². The van der Waals surface area contributed by atoms with E-state index >= 15 is 0 Å². The average Bonchev–Trinajstić information content (AvgIpc) is 3.16. The number of terminal acetylenes is 1. The zero-order chi connectivity index (χ0) is 19.1. The van der Waals surface area contributed by atoms with Gasteiger partial charge in [-0.05, 0) is 24.6 Å². The lowest BCUT2D eigenvalue weighted by Crippen LogP contribution is -2.23. The van der Waals surface area contributed by atoms with E-state index < -0.39 is 0 Å². The zero-order valence-electron chi connectivity index (χ0n) is 15.1. The van der Waals surface area contributed by atoms with Crippen LogP contribution in [-0.4, -0.2) is 27.2 Å². The zero-order valence-corrected chi connectivity index (χ0v) is 15.1. The smallest absolute Gasteiger partial charge is 0.253 e. The normalized spacial score (nSPS) is 11.4. The molecule has 2 aromatic heterocycles. The molecule has 0 fully saturated rings. The van der Waals surface area contributed by atoms with Crippen LogP contribution in [0.3, 0.4) is 0 Å². The van der Waals surface area contributed by atoms with Gasteiger partial charge in [-0.1, -0.05) is 36.3 Å². The molecule has 1 amide bonds. The van der Waals surface area contributed by atoms with E-state index in [9.17, 15) is 4.79 Å². The van der Waals surface area contributed by atoms with Crippen molar-refractivity contribution in [1.82, 2.24) is 20.1 Å². The molecule has 1 aromatic carbocycles. The molecule has 0 aliphatic heterocycles. The average molecular weight is 359 g/mol. The molecule has 0 radical (unpaired) electrons. The minimum Gasteiger partial charge on any atom is -0.363 e. The van der Waals surface area contributed by atoms with Crippen molar-refractivity contribution >= 4 is 11.7 Å². The first-order chi connectivity index (χ1) is 13.2. The SMILES string of the molecule is C#CCNC(=O)c1ccc(NC(C)c2cnn(Cc3ccccc3)c2)nc1. The summed E-state index contributed by atoms with van der Waals surface area (Å²) < 4.78 is 1.91. The molecule has 0 saturated heterocycles. The molecule has 2 heterocycles. The Kier molecular flexibility index (Phi) is 5.85. The number of anilines is 1. The molecule has 6 heteroatoms. The van der Waals surface area contributed by atoms with E-state index in [1.54, 1.807) is 12.1 Å². The number of carbonyl (C=O) groups is 1. The summed E-state index contributed by atoms with van der Waals surface area (Å²) in [5.74, 6) is 2.82. The monoisotopic (exact) mass is 359 g/mol. The van der Waals surface area contributed by atoms with Crippen LogP contribution in [0.2, 0.25) is 0 Å². The van der Waals surface area contributed by atoms with E-state index in [0.29, 0.717) is 11.4 Å². The van der Waals surface area contributed by atoms with E-state index in [1.807, 2.05) is 42.2 Å². The number of amides is 1. The van der Waals surface area contributed by atoms with E-state index in [-0.39, 0.29) is 18.5 Å². The summed E-state index contributed by atoms with van der Waals surface area (Å²) in [5, 5.41) is 10.4. The van der Waals surface area contributed by atoms with Gasteiger partial charge in [0.15, 0.2) is 0 Å². The number of nitrogens with one attached hydrogen (secondary N) is 2. The molecule has 0 aliphatic rings. The Labute approximate surface area is 158 Å². The third kappa shape index (κ3) is 4.95. The molecule has 1 unspecified atom stereocenters. The molecule has 0 saturated carbocycles. The van der Waals surface area contributed by atoms with Crippen molar-refractivity contribution in [3.63, 3.8) is 0 Å². The van der Waals surface area contributed by atoms with Crippen molar-refractivity contribution in [2.24, 2.45) is 0 Å². The summed E-state index contributed by atoms with van der Waals surface area (Å²) >= 11 is 0. The fourth-order valence-corrected chi connectivity index (χ4v) is 2.61. The summed E-state index contributed by atoms with van der Waals surface area (Å²) in [6.07, 6.45) is 10.5. The van der Waals surface area contributed by atoms with Gasteiger partial charge >= 0.3 is 0 Å². The van der Waals surface area contributed by atoms with E-state index in [0.717, 1.165) is 12.1 Å². The van der Waals surface area contributed by atoms with Gasteiger partial charge in [-0.15, -0.1) is 6.42 Å². The number of carbonyl (C=O) groups excluding carboxylic acids is 1. The Bertz CT molecular complexity index is 925. The van der Waals surface area contributed by atoms with Crippen LogP contribution < -0.4 is 10.6 Å². The van der Waals surface area contributed by atoms with Gasteiger partial charge in [0.1, 0.15) is 5.82 Å². The van der Waals surface area contributed by atoms with Gasteiger partial charge < -0.3 is 10.6 Å². The third-order valence-electron chi connectivity index (χ3n) is 4.08. The lowest BCUT2D eigenvalue weighted by Gasteiger charge is -2.13. The highest BCUT2D eigenvalue weighted by atomic mass is 16.1. The highest BCUT2D eigenvalue weighted by molar-refractivity contribution is 5.94. The van der Waals surface area contributed by atoms with E-state index in [2.05, 4.69) is 38.8 Å². The Balaban J connectivity index is 1.59. The largest absolute Gasteiger partial charge is 0.363 e. The minimum absolute atomic E-state index is 0.0307. The summed E-state index contributed by atoms with van der Waals surface area (Å²) in [4.78, 5) is 16.1.